The molecule has 0 aliphatic rings. The number of alkyl halides is 3. The molecule has 5 nitrogen and oxygen atoms in total. The van der Waals surface area contributed by atoms with Crippen molar-refractivity contribution in [2.24, 2.45) is 0 Å². The Bertz CT molecular complexity index is 716. The van der Waals surface area contributed by atoms with Gasteiger partial charge in [0.25, 0.3) is 5.91 Å². The number of nitrogens with one attached hydrogen (secondary N) is 1. The molecule has 14 heteroatoms. The molecule has 0 saturated carbocycles. The van der Waals surface area contributed by atoms with E-state index in [2.05, 4.69) is 4.74 Å². The van der Waals surface area contributed by atoms with E-state index in [9.17, 15) is 48.3 Å². The number of rotatable bonds is 4. The number of carbonyl (C=O) groups excluding carboxylic acids is 1. The second-order valence-corrected chi connectivity index (χ2v) is 5.34. The van der Waals surface area contributed by atoms with Crippen molar-refractivity contribution in [3.05, 3.63) is 29.1 Å². The third kappa shape index (κ3) is 3.80. The molecular formula is C9H3F8NO4S. The Balaban J connectivity index is 2.95. The molecule has 0 fully saturated rings. The highest BCUT2D eigenvalue weighted by molar-refractivity contribution is 7.90. The molecule has 0 unspecified atom stereocenters. The van der Waals surface area contributed by atoms with E-state index in [1.165, 1.54) is 0 Å². The van der Waals surface area contributed by atoms with E-state index in [0.717, 1.165) is 0 Å². The average molecular weight is 373 g/mol. The molecule has 0 aromatic heterocycles. The van der Waals surface area contributed by atoms with E-state index < -0.39 is 62.9 Å². The van der Waals surface area contributed by atoms with Crippen LogP contribution in [0.25, 0.3) is 0 Å². The van der Waals surface area contributed by atoms with Crippen LogP contribution in [0.4, 0.5) is 35.1 Å². The van der Waals surface area contributed by atoms with Crippen LogP contribution in [-0.4, -0.2) is 26.4 Å². The van der Waals surface area contributed by atoms with Crippen molar-refractivity contribution < 1.29 is 53.1 Å². The highest BCUT2D eigenvalue weighted by Crippen LogP contribution is 2.29. The Morgan fingerprint density at radius 2 is 1.30 bits per heavy atom. The van der Waals surface area contributed by atoms with Gasteiger partial charge in [-0.15, -0.1) is 0 Å². The fourth-order valence-electron chi connectivity index (χ4n) is 1.09. The molecule has 0 heterocycles. The number of ether oxygens (including phenoxy) is 1. The number of hydrogen-bond acceptors (Lipinski definition) is 4. The topological polar surface area (TPSA) is 72.5 Å². The summed E-state index contributed by atoms with van der Waals surface area (Å²) in [7, 11) is -6.12. The van der Waals surface area contributed by atoms with Crippen LogP contribution in [0.2, 0.25) is 0 Å². The van der Waals surface area contributed by atoms with Crippen molar-refractivity contribution in [2.75, 3.05) is 6.61 Å². The molecule has 0 atom stereocenters. The van der Waals surface area contributed by atoms with Crippen molar-refractivity contribution in [3.8, 4) is 5.75 Å². The molecule has 1 rings (SSSR count). The molecule has 0 bridgehead atoms. The van der Waals surface area contributed by atoms with Crippen molar-refractivity contribution in [3.63, 3.8) is 0 Å². The SMILES string of the molecule is O=C(COc1c(F)c(F)c(F)c(F)c1F)NS(=O)(=O)C(F)(F)F. The number of hydrogen-bond donors (Lipinski definition) is 1. The van der Waals surface area contributed by atoms with Gasteiger partial charge in [-0.3, -0.25) is 4.79 Å². The summed E-state index contributed by atoms with van der Waals surface area (Å²) in [6, 6.07) is 0. The second kappa shape index (κ2) is 6.17. The summed E-state index contributed by atoms with van der Waals surface area (Å²) in [6.07, 6.45) is 0. The third-order valence-corrected chi connectivity index (χ3v) is 3.18. The lowest BCUT2D eigenvalue weighted by atomic mass is 10.2. The van der Waals surface area contributed by atoms with E-state index in [0.29, 0.717) is 4.72 Å². The quantitative estimate of drug-likeness (QED) is 0.496. The largest absolute Gasteiger partial charge is 0.516 e. The van der Waals surface area contributed by atoms with Crippen molar-refractivity contribution in [2.45, 2.75) is 5.51 Å². The lowest BCUT2D eigenvalue weighted by Crippen LogP contribution is -2.42. The number of halogens is 8. The second-order valence-electron chi connectivity index (χ2n) is 3.66. The first kappa shape index (κ1) is 18.9. The van der Waals surface area contributed by atoms with Crippen molar-refractivity contribution >= 4 is 15.9 Å². The smallest absolute Gasteiger partial charge is 0.477 e. The van der Waals surface area contributed by atoms with E-state index in [1.807, 2.05) is 0 Å². The lowest BCUT2D eigenvalue weighted by molar-refractivity contribution is -0.122. The number of carbonyl (C=O) groups is 1. The summed E-state index contributed by atoms with van der Waals surface area (Å²) in [6.45, 7) is -1.77. The summed E-state index contributed by atoms with van der Waals surface area (Å²) in [5, 5.41) is 0. The monoisotopic (exact) mass is 373 g/mol. The zero-order valence-corrected chi connectivity index (χ0v) is 11.1. The normalized spacial score (nSPS) is 12.2. The number of benzene rings is 1. The molecule has 0 radical (unpaired) electrons. The van der Waals surface area contributed by atoms with Crippen LogP contribution in [0.1, 0.15) is 0 Å². The Hall–Kier alpha value is -2.12. The summed E-state index contributed by atoms with van der Waals surface area (Å²) < 4.78 is 126. The highest BCUT2D eigenvalue weighted by Gasteiger charge is 2.47. The van der Waals surface area contributed by atoms with Gasteiger partial charge < -0.3 is 4.74 Å². The van der Waals surface area contributed by atoms with Crippen LogP contribution in [0, 0.1) is 29.1 Å². The zero-order valence-electron chi connectivity index (χ0n) is 10.3. The zero-order chi connectivity index (χ0) is 18.2. The minimum Gasteiger partial charge on any atom is -0.477 e. The van der Waals surface area contributed by atoms with Gasteiger partial charge >= 0.3 is 15.5 Å². The minimum absolute atomic E-state index is 0.423. The summed E-state index contributed by atoms with van der Waals surface area (Å²) in [5.41, 5.74) is -5.87. The van der Waals surface area contributed by atoms with Gasteiger partial charge in [-0.1, -0.05) is 0 Å². The average Bonchev–Trinajstić information content (AvgIpc) is 2.41. The molecule has 0 saturated heterocycles. The number of amides is 1. The Labute approximate surface area is 121 Å². The maximum absolute atomic E-state index is 13.1. The molecule has 23 heavy (non-hydrogen) atoms. The molecule has 130 valence electrons. The van der Waals surface area contributed by atoms with E-state index in [-0.39, 0.29) is 0 Å². The predicted molar refractivity (Wildman–Crippen MR) is 54.8 cm³/mol. The van der Waals surface area contributed by atoms with Crippen LogP contribution < -0.4 is 9.46 Å². The molecule has 0 aliphatic carbocycles. The predicted octanol–water partition coefficient (Wildman–Crippen LogP) is 1.73. The van der Waals surface area contributed by atoms with Gasteiger partial charge in [-0.25, -0.2) is 17.9 Å². The van der Waals surface area contributed by atoms with Gasteiger partial charge in [-0.05, 0) is 0 Å². The van der Waals surface area contributed by atoms with Crippen molar-refractivity contribution in [1.82, 2.24) is 4.72 Å². The maximum atomic E-state index is 13.1. The first-order valence-electron chi connectivity index (χ1n) is 5.05. The summed E-state index contributed by atoms with van der Waals surface area (Å²) in [4.78, 5) is 10.9. The van der Waals surface area contributed by atoms with Gasteiger partial charge in [0, 0.05) is 0 Å². The summed E-state index contributed by atoms with van der Waals surface area (Å²) in [5.74, 6) is -16.4. The van der Waals surface area contributed by atoms with E-state index >= 15 is 0 Å². The molecule has 0 aliphatic heterocycles. The number of sulfonamides is 1. The first-order chi connectivity index (χ1) is 10.3. The van der Waals surface area contributed by atoms with E-state index in [1.54, 1.807) is 0 Å². The van der Waals surface area contributed by atoms with Crippen LogP contribution in [-0.2, 0) is 14.8 Å². The van der Waals surface area contributed by atoms with Crippen LogP contribution in [0.3, 0.4) is 0 Å². The van der Waals surface area contributed by atoms with Crippen LogP contribution in [0.15, 0.2) is 0 Å². The Morgan fingerprint density at radius 3 is 1.70 bits per heavy atom. The van der Waals surface area contributed by atoms with Gasteiger partial charge in [-0.2, -0.15) is 30.4 Å². The van der Waals surface area contributed by atoms with Gasteiger partial charge in [0.05, 0.1) is 0 Å². The molecule has 1 aromatic carbocycles. The van der Waals surface area contributed by atoms with E-state index in [4.69, 9.17) is 0 Å². The Morgan fingerprint density at radius 1 is 0.913 bits per heavy atom. The van der Waals surface area contributed by atoms with Gasteiger partial charge in [0.15, 0.2) is 12.4 Å². The summed E-state index contributed by atoms with van der Waals surface area (Å²) >= 11 is 0. The standard InChI is InChI=1S/C9H3F8NO4S/c10-3-4(11)6(13)8(7(14)5(3)12)22-1-2(19)18-23(20,21)9(15,16)17/h1H2,(H,18,19). The molecule has 1 aromatic rings. The Kier molecular flexibility index (Phi) is 5.08. The van der Waals surface area contributed by atoms with Gasteiger partial charge in [0.2, 0.25) is 29.1 Å². The minimum atomic E-state index is -6.12. The fourth-order valence-corrected chi connectivity index (χ4v) is 1.56. The van der Waals surface area contributed by atoms with Crippen LogP contribution >= 0.6 is 0 Å². The lowest BCUT2D eigenvalue weighted by Gasteiger charge is -2.11. The molecule has 1 amide bonds. The van der Waals surface area contributed by atoms with Crippen molar-refractivity contribution in [1.29, 1.82) is 0 Å². The molecule has 0 spiro atoms. The highest BCUT2D eigenvalue weighted by atomic mass is 32.2. The first-order valence-corrected chi connectivity index (χ1v) is 6.54. The fraction of sp³-hybridized carbons (Fsp3) is 0.222. The van der Waals surface area contributed by atoms with Crippen LogP contribution in [0.5, 0.6) is 5.75 Å². The molecule has 1 N–H and O–H groups in total. The van der Waals surface area contributed by atoms with Gasteiger partial charge in [0.1, 0.15) is 0 Å². The third-order valence-electron chi connectivity index (χ3n) is 2.07. The molecular weight excluding hydrogens is 370 g/mol. The maximum Gasteiger partial charge on any atom is 0.516 e.